The monoisotopic (exact) mass is 249 g/mol. The van der Waals surface area contributed by atoms with Crippen molar-refractivity contribution in [3.05, 3.63) is 18.0 Å². The number of rotatable bonds is 5. The molecule has 0 aliphatic heterocycles. The largest absolute Gasteiger partial charge is 0.319 e. The summed E-state index contributed by atoms with van der Waals surface area (Å²) in [5, 5.41) is 7.62. The Morgan fingerprint density at radius 2 is 2.22 bits per heavy atom. The van der Waals surface area contributed by atoms with E-state index in [-0.39, 0.29) is 0 Å². The van der Waals surface area contributed by atoms with E-state index in [1.165, 1.54) is 44.3 Å². The molecular weight excluding hydrogens is 222 g/mol. The summed E-state index contributed by atoms with van der Waals surface area (Å²) in [6.45, 7) is 3.59. The first-order valence-electron chi connectivity index (χ1n) is 7.32. The van der Waals surface area contributed by atoms with Gasteiger partial charge in [0.25, 0.3) is 0 Å². The Labute approximate surface area is 111 Å². The van der Waals surface area contributed by atoms with Gasteiger partial charge in [-0.1, -0.05) is 13.3 Å². The molecule has 1 aliphatic rings. The van der Waals surface area contributed by atoms with E-state index in [1.54, 1.807) is 0 Å². The van der Waals surface area contributed by atoms with Gasteiger partial charge >= 0.3 is 0 Å². The normalized spacial score (nSPS) is 28.5. The molecule has 1 fully saturated rings. The van der Waals surface area contributed by atoms with Gasteiger partial charge in [-0.2, -0.15) is 5.10 Å². The van der Waals surface area contributed by atoms with Crippen molar-refractivity contribution in [1.29, 1.82) is 0 Å². The summed E-state index contributed by atoms with van der Waals surface area (Å²) >= 11 is 0. The third-order valence-electron chi connectivity index (χ3n) is 4.56. The van der Waals surface area contributed by atoms with Gasteiger partial charge in [0, 0.05) is 18.9 Å². The van der Waals surface area contributed by atoms with Crippen molar-refractivity contribution in [1.82, 2.24) is 15.1 Å². The molecule has 1 aromatic rings. The summed E-state index contributed by atoms with van der Waals surface area (Å²) in [7, 11) is 4.13. The third-order valence-corrected chi connectivity index (χ3v) is 4.56. The molecule has 1 aromatic heterocycles. The van der Waals surface area contributed by atoms with E-state index in [0.29, 0.717) is 0 Å². The fourth-order valence-corrected chi connectivity index (χ4v) is 3.43. The summed E-state index contributed by atoms with van der Waals surface area (Å²) in [5.41, 5.74) is 1.37. The molecule has 0 bridgehead atoms. The Kier molecular flexibility index (Phi) is 4.81. The zero-order valence-corrected chi connectivity index (χ0v) is 12.0. The van der Waals surface area contributed by atoms with E-state index in [9.17, 15) is 0 Å². The van der Waals surface area contributed by atoms with Crippen molar-refractivity contribution in [3.63, 3.8) is 0 Å². The highest BCUT2D eigenvalue weighted by Crippen LogP contribution is 2.36. The van der Waals surface area contributed by atoms with Crippen LogP contribution in [-0.4, -0.2) is 23.4 Å². The van der Waals surface area contributed by atoms with Gasteiger partial charge in [0.05, 0.1) is 0 Å². The molecule has 1 aliphatic carbocycles. The van der Waals surface area contributed by atoms with Gasteiger partial charge in [-0.25, -0.2) is 0 Å². The smallest absolute Gasteiger partial charge is 0.0492 e. The molecule has 0 saturated heterocycles. The molecule has 0 spiro atoms. The maximum atomic E-state index is 4.25. The number of hydrogen-bond acceptors (Lipinski definition) is 2. The van der Waals surface area contributed by atoms with Crippen LogP contribution in [0.15, 0.2) is 12.3 Å². The first kappa shape index (κ1) is 13.6. The quantitative estimate of drug-likeness (QED) is 0.869. The first-order chi connectivity index (χ1) is 8.70. The minimum atomic E-state index is 0.874. The molecule has 3 unspecified atom stereocenters. The molecule has 1 N–H and O–H groups in total. The van der Waals surface area contributed by atoms with Crippen LogP contribution < -0.4 is 5.32 Å². The molecule has 0 aromatic carbocycles. The van der Waals surface area contributed by atoms with Gasteiger partial charge in [-0.15, -0.1) is 0 Å². The fourth-order valence-electron chi connectivity index (χ4n) is 3.43. The highest BCUT2D eigenvalue weighted by Gasteiger charge is 2.27. The molecule has 2 rings (SSSR count). The Hall–Kier alpha value is -0.830. The predicted molar refractivity (Wildman–Crippen MR) is 75.5 cm³/mol. The Morgan fingerprint density at radius 1 is 1.39 bits per heavy atom. The van der Waals surface area contributed by atoms with Gasteiger partial charge in [0.2, 0.25) is 0 Å². The Balaban J connectivity index is 1.90. The van der Waals surface area contributed by atoms with Crippen molar-refractivity contribution in [2.75, 3.05) is 13.6 Å². The van der Waals surface area contributed by atoms with Crippen LogP contribution in [0.25, 0.3) is 0 Å². The van der Waals surface area contributed by atoms with Crippen LogP contribution in [0.2, 0.25) is 0 Å². The molecule has 102 valence electrons. The van der Waals surface area contributed by atoms with Gasteiger partial charge < -0.3 is 5.32 Å². The summed E-state index contributed by atoms with van der Waals surface area (Å²) in [5.74, 6) is 2.67. The van der Waals surface area contributed by atoms with Gasteiger partial charge in [0.1, 0.15) is 0 Å². The van der Waals surface area contributed by atoms with Gasteiger partial charge in [-0.05, 0) is 63.1 Å². The zero-order chi connectivity index (χ0) is 13.0. The van der Waals surface area contributed by atoms with Crippen LogP contribution in [0.4, 0.5) is 0 Å². The number of nitrogens with one attached hydrogen (secondary N) is 1. The molecule has 0 amide bonds. The number of aryl methyl sites for hydroxylation is 2. The van der Waals surface area contributed by atoms with Crippen LogP contribution in [0.1, 0.15) is 38.3 Å². The number of nitrogens with zero attached hydrogens (tertiary/aromatic N) is 2. The second-order valence-corrected chi connectivity index (χ2v) is 5.98. The summed E-state index contributed by atoms with van der Waals surface area (Å²) in [4.78, 5) is 0. The lowest BCUT2D eigenvalue weighted by molar-refractivity contribution is 0.176. The average molecular weight is 249 g/mol. The van der Waals surface area contributed by atoms with E-state index < -0.39 is 0 Å². The maximum Gasteiger partial charge on any atom is 0.0492 e. The predicted octanol–water partition coefficient (Wildman–Crippen LogP) is 2.62. The van der Waals surface area contributed by atoms with Crippen molar-refractivity contribution in [3.8, 4) is 0 Å². The SMILES string of the molecule is CNCC1CCC(C)CC1CCc1ccnn1C. The van der Waals surface area contributed by atoms with Crippen LogP contribution in [0.5, 0.6) is 0 Å². The van der Waals surface area contributed by atoms with Crippen LogP contribution in [-0.2, 0) is 13.5 Å². The first-order valence-corrected chi connectivity index (χ1v) is 7.32. The molecule has 0 radical (unpaired) electrons. The minimum Gasteiger partial charge on any atom is -0.319 e. The summed E-state index contributed by atoms with van der Waals surface area (Å²) in [6.07, 6.45) is 8.62. The van der Waals surface area contributed by atoms with E-state index in [2.05, 4.69) is 30.5 Å². The lowest BCUT2D eigenvalue weighted by Crippen LogP contribution is -2.31. The standard InChI is InChI=1S/C15H27N3/c1-12-4-5-14(11-16-2)13(10-12)6-7-15-8-9-17-18(15)3/h8-9,12-14,16H,4-7,10-11H2,1-3H3. The molecule has 1 saturated carbocycles. The second-order valence-electron chi connectivity index (χ2n) is 5.98. The second kappa shape index (κ2) is 6.37. The van der Waals surface area contributed by atoms with E-state index in [0.717, 1.165) is 17.8 Å². The van der Waals surface area contributed by atoms with Crippen molar-refractivity contribution in [2.45, 2.75) is 39.0 Å². The fraction of sp³-hybridized carbons (Fsp3) is 0.800. The molecule has 3 nitrogen and oxygen atoms in total. The third kappa shape index (κ3) is 3.35. The minimum absolute atomic E-state index is 0.874. The molecule has 3 heteroatoms. The van der Waals surface area contributed by atoms with Crippen LogP contribution in [0, 0.1) is 17.8 Å². The Bertz CT molecular complexity index is 358. The summed E-state index contributed by atoms with van der Waals surface area (Å²) < 4.78 is 2.01. The topological polar surface area (TPSA) is 29.9 Å². The highest BCUT2D eigenvalue weighted by atomic mass is 15.2. The van der Waals surface area contributed by atoms with Crippen molar-refractivity contribution in [2.24, 2.45) is 24.8 Å². The van der Waals surface area contributed by atoms with E-state index in [1.807, 2.05) is 17.9 Å². The zero-order valence-electron chi connectivity index (χ0n) is 12.0. The van der Waals surface area contributed by atoms with E-state index >= 15 is 0 Å². The van der Waals surface area contributed by atoms with Crippen molar-refractivity contribution >= 4 is 0 Å². The molecule has 3 atom stereocenters. The number of hydrogen-bond donors (Lipinski definition) is 1. The average Bonchev–Trinajstić information content (AvgIpc) is 2.75. The summed E-state index contributed by atoms with van der Waals surface area (Å²) in [6, 6.07) is 2.15. The lowest BCUT2D eigenvalue weighted by atomic mass is 9.72. The lowest BCUT2D eigenvalue weighted by Gasteiger charge is -2.35. The molecule has 18 heavy (non-hydrogen) atoms. The molecule has 1 heterocycles. The van der Waals surface area contributed by atoms with E-state index in [4.69, 9.17) is 0 Å². The van der Waals surface area contributed by atoms with Crippen LogP contribution >= 0.6 is 0 Å². The maximum absolute atomic E-state index is 4.25. The van der Waals surface area contributed by atoms with Crippen molar-refractivity contribution < 1.29 is 0 Å². The van der Waals surface area contributed by atoms with Gasteiger partial charge in [-0.3, -0.25) is 4.68 Å². The van der Waals surface area contributed by atoms with Crippen LogP contribution in [0.3, 0.4) is 0 Å². The number of aromatic nitrogens is 2. The van der Waals surface area contributed by atoms with Gasteiger partial charge in [0.15, 0.2) is 0 Å². The molecular formula is C15H27N3. The highest BCUT2D eigenvalue weighted by molar-refractivity contribution is 5.00. The Morgan fingerprint density at radius 3 is 2.89 bits per heavy atom.